The average Bonchev–Trinajstić information content (AvgIpc) is 3.33. The van der Waals surface area contributed by atoms with Gasteiger partial charge in [-0.3, -0.25) is 4.79 Å². The van der Waals surface area contributed by atoms with Crippen LogP contribution in [0.15, 0.2) is 42.6 Å². The van der Waals surface area contributed by atoms with Gasteiger partial charge in [-0.25, -0.2) is 9.50 Å². The molecule has 1 atom stereocenters. The number of hydrogen-bond acceptors (Lipinski definition) is 4. The summed E-state index contributed by atoms with van der Waals surface area (Å²) in [6.07, 6.45) is 3.68. The largest absolute Gasteiger partial charge is 0.496 e. The highest BCUT2D eigenvalue weighted by atomic mass is 16.5. The van der Waals surface area contributed by atoms with Crippen molar-refractivity contribution in [1.29, 1.82) is 0 Å². The van der Waals surface area contributed by atoms with Crippen molar-refractivity contribution in [2.75, 3.05) is 13.7 Å². The standard InChI is InChI=1S/C22H26N4O2/c1-22(2,3)19-14-20-23-12-11-17(26(20)24-19)16-9-7-13-25(16)21(27)15-8-5-6-10-18(15)28-4/h5-6,8,10-12,14,16H,7,9,13H2,1-4H3/t16-/m0/s1. The van der Waals surface area contributed by atoms with E-state index in [1.165, 1.54) is 0 Å². The summed E-state index contributed by atoms with van der Waals surface area (Å²) in [5.41, 5.74) is 3.35. The van der Waals surface area contributed by atoms with E-state index in [-0.39, 0.29) is 17.4 Å². The minimum atomic E-state index is -0.0619. The highest BCUT2D eigenvalue weighted by molar-refractivity contribution is 5.97. The molecule has 0 spiro atoms. The fraction of sp³-hybridized carbons (Fsp3) is 0.409. The summed E-state index contributed by atoms with van der Waals surface area (Å²) < 4.78 is 7.30. The second-order valence-electron chi connectivity index (χ2n) is 8.28. The number of hydrogen-bond donors (Lipinski definition) is 0. The first-order valence-corrected chi connectivity index (χ1v) is 9.69. The molecule has 1 fully saturated rings. The zero-order valence-electron chi connectivity index (χ0n) is 16.8. The number of fused-ring (bicyclic) bond motifs is 1. The molecule has 2 aromatic heterocycles. The Balaban J connectivity index is 1.74. The number of amides is 1. The van der Waals surface area contributed by atoms with E-state index in [1.807, 2.05) is 52.0 Å². The second-order valence-corrected chi connectivity index (χ2v) is 8.28. The SMILES string of the molecule is COc1ccccc1C(=O)N1CCC[C@H]1c1ccnc2cc(C(C)(C)C)nn12. The van der Waals surface area contributed by atoms with Crippen molar-refractivity contribution in [3.05, 3.63) is 59.5 Å². The molecular formula is C22H26N4O2. The molecule has 4 rings (SSSR count). The number of nitrogens with zero attached hydrogens (tertiary/aromatic N) is 4. The number of rotatable bonds is 3. The molecule has 3 heterocycles. The molecule has 1 aliphatic rings. The van der Waals surface area contributed by atoms with Crippen LogP contribution in [0, 0.1) is 0 Å². The Morgan fingerprint density at radius 3 is 2.75 bits per heavy atom. The van der Waals surface area contributed by atoms with Gasteiger partial charge in [-0.1, -0.05) is 32.9 Å². The van der Waals surface area contributed by atoms with Gasteiger partial charge >= 0.3 is 0 Å². The first-order chi connectivity index (χ1) is 13.4. The van der Waals surface area contributed by atoms with Crippen LogP contribution in [0.5, 0.6) is 5.75 Å². The first kappa shape index (κ1) is 18.5. The second kappa shape index (κ2) is 6.93. The van der Waals surface area contributed by atoms with Crippen molar-refractivity contribution in [3.63, 3.8) is 0 Å². The molecular weight excluding hydrogens is 352 g/mol. The predicted octanol–water partition coefficient (Wildman–Crippen LogP) is 4.01. The van der Waals surface area contributed by atoms with E-state index in [0.29, 0.717) is 11.3 Å². The van der Waals surface area contributed by atoms with Crippen molar-refractivity contribution in [3.8, 4) is 5.75 Å². The van der Waals surface area contributed by atoms with Gasteiger partial charge in [-0.2, -0.15) is 5.10 Å². The first-order valence-electron chi connectivity index (χ1n) is 9.69. The molecule has 1 aromatic carbocycles. The molecule has 0 bridgehead atoms. The van der Waals surface area contributed by atoms with Gasteiger partial charge in [0.25, 0.3) is 5.91 Å². The predicted molar refractivity (Wildman–Crippen MR) is 108 cm³/mol. The van der Waals surface area contributed by atoms with Gasteiger partial charge in [-0.15, -0.1) is 0 Å². The molecule has 0 radical (unpaired) electrons. The summed E-state index contributed by atoms with van der Waals surface area (Å²) in [5.74, 6) is 0.597. The van der Waals surface area contributed by atoms with Crippen LogP contribution in [0.4, 0.5) is 0 Å². The topological polar surface area (TPSA) is 59.7 Å². The highest BCUT2D eigenvalue weighted by Crippen LogP contribution is 2.35. The third-order valence-electron chi connectivity index (χ3n) is 5.35. The normalized spacial score (nSPS) is 17.3. The minimum absolute atomic E-state index is 0.00638. The van der Waals surface area contributed by atoms with Crippen LogP contribution < -0.4 is 4.74 Å². The van der Waals surface area contributed by atoms with Gasteiger partial charge in [0.2, 0.25) is 0 Å². The summed E-state index contributed by atoms with van der Waals surface area (Å²) in [6.45, 7) is 7.14. The van der Waals surface area contributed by atoms with E-state index in [0.717, 1.165) is 36.4 Å². The van der Waals surface area contributed by atoms with Crippen molar-refractivity contribution < 1.29 is 9.53 Å². The number of ether oxygens (including phenoxy) is 1. The monoisotopic (exact) mass is 378 g/mol. The smallest absolute Gasteiger partial charge is 0.258 e. The van der Waals surface area contributed by atoms with E-state index in [1.54, 1.807) is 7.11 Å². The zero-order chi connectivity index (χ0) is 19.9. The summed E-state index contributed by atoms with van der Waals surface area (Å²) in [6, 6.07) is 11.4. The Hall–Kier alpha value is -2.89. The molecule has 3 aromatic rings. The fourth-order valence-corrected chi connectivity index (χ4v) is 3.83. The molecule has 0 N–H and O–H groups in total. The van der Waals surface area contributed by atoms with Gasteiger partial charge in [0.05, 0.1) is 30.1 Å². The lowest BCUT2D eigenvalue weighted by Gasteiger charge is -2.26. The van der Waals surface area contributed by atoms with Crippen LogP contribution in [-0.4, -0.2) is 39.1 Å². The van der Waals surface area contributed by atoms with Crippen LogP contribution in [-0.2, 0) is 5.41 Å². The minimum Gasteiger partial charge on any atom is -0.496 e. The van der Waals surface area contributed by atoms with Crippen molar-refractivity contribution in [2.45, 2.75) is 45.1 Å². The molecule has 6 heteroatoms. The third-order valence-corrected chi connectivity index (χ3v) is 5.35. The van der Waals surface area contributed by atoms with Crippen molar-refractivity contribution in [2.24, 2.45) is 0 Å². The molecule has 1 amide bonds. The van der Waals surface area contributed by atoms with Gasteiger partial charge in [0.1, 0.15) is 5.75 Å². The summed E-state index contributed by atoms with van der Waals surface area (Å²) >= 11 is 0. The number of benzene rings is 1. The lowest BCUT2D eigenvalue weighted by molar-refractivity contribution is 0.0728. The Labute approximate surface area is 165 Å². The maximum atomic E-state index is 13.3. The number of methoxy groups -OCH3 is 1. The maximum absolute atomic E-state index is 13.3. The Morgan fingerprint density at radius 2 is 2.00 bits per heavy atom. The van der Waals surface area contributed by atoms with Crippen LogP contribution >= 0.6 is 0 Å². The third kappa shape index (κ3) is 3.13. The molecule has 6 nitrogen and oxygen atoms in total. The quantitative estimate of drug-likeness (QED) is 0.691. The van der Waals surface area contributed by atoms with Crippen LogP contribution in [0.3, 0.4) is 0 Å². The molecule has 1 aliphatic heterocycles. The van der Waals surface area contributed by atoms with Crippen LogP contribution in [0.2, 0.25) is 0 Å². The number of likely N-dealkylation sites (tertiary alicyclic amines) is 1. The van der Waals surface area contributed by atoms with Crippen LogP contribution in [0.1, 0.15) is 61.4 Å². The average molecular weight is 378 g/mol. The number of carbonyl (C=O) groups is 1. The Kier molecular flexibility index (Phi) is 4.57. The molecule has 28 heavy (non-hydrogen) atoms. The fourth-order valence-electron chi connectivity index (χ4n) is 3.83. The molecule has 0 aliphatic carbocycles. The van der Waals surface area contributed by atoms with Crippen LogP contribution in [0.25, 0.3) is 5.65 Å². The van der Waals surface area contributed by atoms with E-state index in [4.69, 9.17) is 9.84 Å². The molecule has 0 unspecified atom stereocenters. The van der Waals surface area contributed by atoms with Gasteiger partial charge in [0.15, 0.2) is 5.65 Å². The highest BCUT2D eigenvalue weighted by Gasteiger charge is 2.34. The molecule has 0 saturated carbocycles. The van der Waals surface area contributed by atoms with E-state index in [2.05, 4.69) is 25.8 Å². The van der Waals surface area contributed by atoms with E-state index >= 15 is 0 Å². The summed E-state index contributed by atoms with van der Waals surface area (Å²) in [7, 11) is 1.59. The lowest BCUT2D eigenvalue weighted by Crippen LogP contribution is -2.32. The van der Waals surface area contributed by atoms with E-state index in [9.17, 15) is 4.79 Å². The van der Waals surface area contributed by atoms with Gasteiger partial charge < -0.3 is 9.64 Å². The maximum Gasteiger partial charge on any atom is 0.258 e. The Morgan fingerprint density at radius 1 is 1.21 bits per heavy atom. The van der Waals surface area contributed by atoms with Gasteiger partial charge in [-0.05, 0) is 31.0 Å². The molecule has 1 saturated heterocycles. The number of para-hydroxylation sites is 1. The number of aromatic nitrogens is 3. The van der Waals surface area contributed by atoms with E-state index < -0.39 is 0 Å². The molecule has 146 valence electrons. The van der Waals surface area contributed by atoms with Gasteiger partial charge in [0, 0.05) is 24.2 Å². The number of carbonyl (C=O) groups excluding carboxylic acids is 1. The summed E-state index contributed by atoms with van der Waals surface area (Å²) in [4.78, 5) is 19.7. The lowest BCUT2D eigenvalue weighted by atomic mass is 9.93. The zero-order valence-corrected chi connectivity index (χ0v) is 16.8. The Bertz CT molecular complexity index is 1020. The van der Waals surface area contributed by atoms with Crippen molar-refractivity contribution in [1.82, 2.24) is 19.5 Å². The summed E-state index contributed by atoms with van der Waals surface area (Å²) in [5, 5.41) is 4.82. The van der Waals surface area contributed by atoms with Crippen molar-refractivity contribution >= 4 is 11.6 Å².